The lowest BCUT2D eigenvalue weighted by molar-refractivity contribution is 0.262. The molecule has 0 bridgehead atoms. The normalized spacial score (nSPS) is 10.6. The Labute approximate surface area is 173 Å². The van der Waals surface area contributed by atoms with Gasteiger partial charge in [0.1, 0.15) is 11.6 Å². The van der Waals surface area contributed by atoms with Crippen LogP contribution in [0.25, 0.3) is 22.2 Å². The number of nitrogens with zero attached hydrogens (tertiary/aromatic N) is 1. The molecular weight excluding hydrogens is 381 g/mol. The number of benzene rings is 3. The lowest BCUT2D eigenvalue weighted by Gasteiger charge is -2.12. The van der Waals surface area contributed by atoms with Crippen LogP contribution in [0.1, 0.15) is 5.56 Å². The molecule has 0 aliphatic rings. The van der Waals surface area contributed by atoms with Crippen molar-refractivity contribution in [3.63, 3.8) is 0 Å². The van der Waals surface area contributed by atoms with Crippen LogP contribution in [0.5, 0.6) is 5.75 Å². The van der Waals surface area contributed by atoms with Crippen molar-refractivity contribution in [3.05, 3.63) is 84.2 Å². The van der Waals surface area contributed by atoms with Crippen LogP contribution in [0.2, 0.25) is 0 Å². The van der Waals surface area contributed by atoms with E-state index in [9.17, 15) is 9.18 Å². The van der Waals surface area contributed by atoms with E-state index in [-0.39, 0.29) is 11.8 Å². The lowest BCUT2D eigenvalue weighted by Crippen LogP contribution is -2.19. The molecule has 1 heterocycles. The summed E-state index contributed by atoms with van der Waals surface area (Å²) in [5, 5.41) is 6.41. The third-order valence-electron chi connectivity index (χ3n) is 4.66. The highest BCUT2D eigenvalue weighted by molar-refractivity contribution is 6.01. The fourth-order valence-electron chi connectivity index (χ4n) is 3.23. The van der Waals surface area contributed by atoms with E-state index < -0.39 is 0 Å². The first-order chi connectivity index (χ1) is 14.5. The molecule has 0 saturated carbocycles. The summed E-state index contributed by atoms with van der Waals surface area (Å²) in [6.07, 6.45) is 0. The maximum Gasteiger partial charge on any atom is 0.323 e. The predicted molar refractivity (Wildman–Crippen MR) is 118 cm³/mol. The molecule has 0 unspecified atom stereocenters. The molecule has 0 aliphatic heterocycles. The van der Waals surface area contributed by atoms with Crippen LogP contribution in [0, 0.1) is 12.7 Å². The first-order valence-corrected chi connectivity index (χ1v) is 9.41. The molecule has 5 nitrogen and oxygen atoms in total. The number of carbonyl (C=O) groups excluding carboxylic acids is 1. The summed E-state index contributed by atoms with van der Waals surface area (Å²) in [6.45, 7) is 1.96. The second-order valence-electron chi connectivity index (χ2n) is 6.90. The minimum absolute atomic E-state index is 0.300. The molecule has 0 radical (unpaired) electrons. The van der Waals surface area contributed by atoms with Gasteiger partial charge in [-0.3, -0.25) is 0 Å². The number of pyridine rings is 1. The van der Waals surface area contributed by atoms with Crippen LogP contribution >= 0.6 is 0 Å². The fourth-order valence-corrected chi connectivity index (χ4v) is 3.23. The SMILES string of the molecule is COc1cc(-c2ccc(F)cc2)nc2ccc(NC(=O)Nc3cccc(C)c3)cc12. The van der Waals surface area contributed by atoms with Gasteiger partial charge in [0.05, 0.1) is 18.3 Å². The Balaban J connectivity index is 1.61. The number of carbonyl (C=O) groups is 1. The number of rotatable bonds is 4. The highest BCUT2D eigenvalue weighted by Crippen LogP contribution is 2.31. The second-order valence-corrected chi connectivity index (χ2v) is 6.90. The molecule has 150 valence electrons. The van der Waals surface area contributed by atoms with Gasteiger partial charge in [0.25, 0.3) is 0 Å². The highest BCUT2D eigenvalue weighted by Gasteiger charge is 2.11. The zero-order valence-electron chi connectivity index (χ0n) is 16.6. The molecule has 4 rings (SSSR count). The zero-order valence-corrected chi connectivity index (χ0v) is 16.6. The number of anilines is 2. The molecule has 0 aliphatic carbocycles. The summed E-state index contributed by atoms with van der Waals surface area (Å²) in [5.41, 5.74) is 4.57. The minimum atomic E-state index is -0.338. The average molecular weight is 401 g/mol. The number of methoxy groups -OCH3 is 1. The van der Waals surface area contributed by atoms with Crippen LogP contribution in [0.3, 0.4) is 0 Å². The first-order valence-electron chi connectivity index (χ1n) is 9.41. The molecule has 6 heteroatoms. The van der Waals surface area contributed by atoms with Crippen molar-refractivity contribution in [2.75, 3.05) is 17.7 Å². The van der Waals surface area contributed by atoms with Gasteiger partial charge in [0.2, 0.25) is 0 Å². The molecule has 0 spiro atoms. The first kappa shape index (κ1) is 19.4. The Morgan fingerprint density at radius 3 is 2.37 bits per heavy atom. The van der Waals surface area contributed by atoms with Crippen LogP contribution in [0.15, 0.2) is 72.8 Å². The summed E-state index contributed by atoms with van der Waals surface area (Å²) in [5.74, 6) is 0.313. The van der Waals surface area contributed by atoms with Crippen LogP contribution in [-0.4, -0.2) is 18.1 Å². The Hall–Kier alpha value is -3.93. The number of aryl methyl sites for hydroxylation is 1. The fraction of sp³-hybridized carbons (Fsp3) is 0.0833. The quantitative estimate of drug-likeness (QED) is 0.441. The standard InChI is InChI=1S/C24H20FN3O2/c1-15-4-3-5-18(12-15)26-24(29)27-19-10-11-21-20(13-19)23(30-2)14-22(28-21)16-6-8-17(25)9-7-16/h3-14H,1-2H3,(H2,26,27,29). The maximum atomic E-state index is 13.2. The molecule has 0 fully saturated rings. The van der Waals surface area contributed by atoms with E-state index in [4.69, 9.17) is 4.74 Å². The number of ether oxygens (including phenoxy) is 1. The number of aromatic nitrogens is 1. The van der Waals surface area contributed by atoms with Gasteiger partial charge in [-0.1, -0.05) is 12.1 Å². The summed E-state index contributed by atoms with van der Waals surface area (Å²) in [4.78, 5) is 17.0. The van der Waals surface area contributed by atoms with Gasteiger partial charge in [-0.05, 0) is 67.1 Å². The molecule has 2 N–H and O–H groups in total. The number of halogens is 1. The molecule has 0 atom stereocenters. The molecule has 3 aromatic carbocycles. The summed E-state index contributed by atoms with van der Waals surface area (Å²) in [7, 11) is 1.58. The van der Waals surface area contributed by atoms with Gasteiger partial charge in [-0.2, -0.15) is 0 Å². The number of hydrogen-bond donors (Lipinski definition) is 2. The minimum Gasteiger partial charge on any atom is -0.496 e. The monoisotopic (exact) mass is 401 g/mol. The predicted octanol–water partition coefficient (Wildman–Crippen LogP) is 6.00. The van der Waals surface area contributed by atoms with Gasteiger partial charge < -0.3 is 15.4 Å². The number of nitrogens with one attached hydrogen (secondary N) is 2. The largest absolute Gasteiger partial charge is 0.496 e. The summed E-state index contributed by atoms with van der Waals surface area (Å²) in [6, 6.07) is 20.6. The second kappa shape index (κ2) is 8.21. The van der Waals surface area contributed by atoms with Gasteiger partial charge >= 0.3 is 6.03 Å². The van der Waals surface area contributed by atoms with E-state index >= 15 is 0 Å². The number of hydrogen-bond acceptors (Lipinski definition) is 3. The van der Waals surface area contributed by atoms with Crippen LogP contribution < -0.4 is 15.4 Å². The molecule has 0 saturated heterocycles. The number of amides is 2. The lowest BCUT2D eigenvalue weighted by atomic mass is 10.1. The average Bonchev–Trinajstić information content (AvgIpc) is 2.73. The van der Waals surface area contributed by atoms with Crippen molar-refractivity contribution in [2.45, 2.75) is 6.92 Å². The van der Waals surface area contributed by atoms with E-state index in [2.05, 4.69) is 15.6 Å². The third-order valence-corrected chi connectivity index (χ3v) is 4.66. The molecule has 1 aromatic heterocycles. The maximum absolute atomic E-state index is 13.2. The van der Waals surface area contributed by atoms with Crippen molar-refractivity contribution in [1.82, 2.24) is 4.98 Å². The molecule has 30 heavy (non-hydrogen) atoms. The Morgan fingerprint density at radius 1 is 0.933 bits per heavy atom. The van der Waals surface area contributed by atoms with Gasteiger partial charge in [0.15, 0.2) is 0 Å². The molecule has 2 amide bonds. The third kappa shape index (κ3) is 4.22. The van der Waals surface area contributed by atoms with Gasteiger partial charge in [0, 0.05) is 28.4 Å². The van der Waals surface area contributed by atoms with E-state index in [0.717, 1.165) is 22.2 Å². The smallest absolute Gasteiger partial charge is 0.323 e. The van der Waals surface area contributed by atoms with Crippen molar-refractivity contribution in [3.8, 4) is 17.0 Å². The van der Waals surface area contributed by atoms with Crippen molar-refractivity contribution in [1.29, 1.82) is 0 Å². The zero-order chi connectivity index (χ0) is 21.1. The highest BCUT2D eigenvalue weighted by atomic mass is 19.1. The van der Waals surface area contributed by atoms with Crippen molar-refractivity contribution >= 4 is 28.3 Å². The number of urea groups is 1. The van der Waals surface area contributed by atoms with Gasteiger partial charge in [-0.25, -0.2) is 14.2 Å². The van der Waals surface area contributed by atoms with E-state index in [1.165, 1.54) is 12.1 Å². The summed E-state index contributed by atoms with van der Waals surface area (Å²) >= 11 is 0. The topological polar surface area (TPSA) is 63.2 Å². The van der Waals surface area contributed by atoms with Gasteiger partial charge in [-0.15, -0.1) is 0 Å². The van der Waals surface area contributed by atoms with E-state index in [0.29, 0.717) is 22.6 Å². The Morgan fingerprint density at radius 2 is 1.67 bits per heavy atom. The van der Waals surface area contributed by atoms with Crippen molar-refractivity contribution < 1.29 is 13.9 Å². The van der Waals surface area contributed by atoms with Crippen LogP contribution in [0.4, 0.5) is 20.6 Å². The number of fused-ring (bicyclic) bond motifs is 1. The molecule has 4 aromatic rings. The van der Waals surface area contributed by atoms with E-state index in [1.807, 2.05) is 43.3 Å². The van der Waals surface area contributed by atoms with Crippen LogP contribution in [-0.2, 0) is 0 Å². The summed E-state index contributed by atoms with van der Waals surface area (Å²) < 4.78 is 18.8. The molecular formula is C24H20FN3O2. The van der Waals surface area contributed by atoms with E-state index in [1.54, 1.807) is 31.4 Å². The van der Waals surface area contributed by atoms with Crippen molar-refractivity contribution in [2.24, 2.45) is 0 Å². The Bertz CT molecular complexity index is 1220. The Kier molecular flexibility index (Phi) is 5.30.